The molecule has 0 saturated carbocycles. The van der Waals surface area contributed by atoms with Gasteiger partial charge in [0, 0.05) is 5.56 Å². The van der Waals surface area contributed by atoms with Crippen molar-refractivity contribution in [3.63, 3.8) is 0 Å². The Morgan fingerprint density at radius 3 is 2.19 bits per heavy atom. The van der Waals surface area contributed by atoms with Crippen molar-refractivity contribution >= 4 is 11.6 Å². The quantitative estimate of drug-likeness (QED) is 0.772. The monoisotopic (exact) mass is 344 g/mol. The van der Waals surface area contributed by atoms with Crippen molar-refractivity contribution < 1.29 is 9.53 Å². The lowest BCUT2D eigenvalue weighted by molar-refractivity contribution is 0.102. The van der Waals surface area contributed by atoms with Crippen LogP contribution in [0, 0.1) is 25.2 Å². The predicted molar refractivity (Wildman–Crippen MR) is 97.1 cm³/mol. The van der Waals surface area contributed by atoms with Gasteiger partial charge in [0.25, 0.3) is 5.91 Å². The first-order valence-corrected chi connectivity index (χ1v) is 7.96. The molecule has 0 spiro atoms. The first-order chi connectivity index (χ1) is 12.6. The number of nitriles is 1. The number of nitrogens with one attached hydrogen (secondary N) is 1. The van der Waals surface area contributed by atoms with Crippen LogP contribution in [0.5, 0.6) is 11.8 Å². The van der Waals surface area contributed by atoms with Crippen molar-refractivity contribution in [1.29, 1.82) is 5.26 Å². The number of aromatic nitrogens is 2. The van der Waals surface area contributed by atoms with E-state index < -0.39 is 0 Å². The van der Waals surface area contributed by atoms with Crippen molar-refractivity contribution in [2.24, 2.45) is 0 Å². The average Bonchev–Trinajstić information content (AvgIpc) is 2.65. The molecule has 1 amide bonds. The number of carbonyl (C=O) groups excluding carboxylic acids is 1. The molecule has 0 aliphatic heterocycles. The van der Waals surface area contributed by atoms with E-state index in [2.05, 4.69) is 15.3 Å². The molecule has 0 saturated heterocycles. The minimum atomic E-state index is -0.291. The standard InChI is InChI=1S/C20H16N4O2/c1-13-18(24-19(25)16-10-8-15(12-21)9-11-16)14(2)23-20(22-13)26-17-6-4-3-5-7-17/h3-11H,1-2H3,(H,24,25). The number of hydrogen-bond acceptors (Lipinski definition) is 5. The van der Waals surface area contributed by atoms with Gasteiger partial charge in [-0.1, -0.05) is 18.2 Å². The summed E-state index contributed by atoms with van der Waals surface area (Å²) in [4.78, 5) is 21.0. The Labute approximate surface area is 151 Å². The first-order valence-electron chi connectivity index (χ1n) is 7.96. The van der Waals surface area contributed by atoms with Gasteiger partial charge in [0.15, 0.2) is 0 Å². The summed E-state index contributed by atoms with van der Waals surface area (Å²) in [5, 5.41) is 11.6. The first kappa shape index (κ1) is 17.1. The summed E-state index contributed by atoms with van der Waals surface area (Å²) in [5.74, 6) is 0.349. The number of aryl methyl sites for hydroxylation is 2. The Balaban J connectivity index is 1.79. The molecule has 0 bridgehead atoms. The van der Waals surface area contributed by atoms with Gasteiger partial charge in [-0.05, 0) is 50.2 Å². The molecule has 0 fully saturated rings. The molecule has 6 heteroatoms. The van der Waals surface area contributed by atoms with Crippen molar-refractivity contribution in [1.82, 2.24) is 9.97 Å². The Morgan fingerprint density at radius 1 is 1.00 bits per heavy atom. The second kappa shape index (κ2) is 7.45. The third kappa shape index (κ3) is 3.84. The number of amides is 1. The predicted octanol–water partition coefficient (Wildman–Crippen LogP) is 4.01. The maximum absolute atomic E-state index is 12.4. The number of nitrogens with zero attached hydrogens (tertiary/aromatic N) is 3. The summed E-state index contributed by atoms with van der Waals surface area (Å²) in [6.07, 6.45) is 0. The fourth-order valence-electron chi connectivity index (χ4n) is 2.39. The van der Waals surface area contributed by atoms with Gasteiger partial charge in [-0.3, -0.25) is 4.79 Å². The van der Waals surface area contributed by atoms with E-state index >= 15 is 0 Å². The topological polar surface area (TPSA) is 87.9 Å². The second-order valence-corrected chi connectivity index (χ2v) is 5.61. The fraction of sp³-hybridized carbons (Fsp3) is 0.100. The van der Waals surface area contributed by atoms with E-state index in [0.717, 1.165) is 0 Å². The van der Waals surface area contributed by atoms with Gasteiger partial charge in [-0.25, -0.2) is 0 Å². The van der Waals surface area contributed by atoms with Gasteiger partial charge in [-0.2, -0.15) is 15.2 Å². The Morgan fingerprint density at radius 2 is 1.62 bits per heavy atom. The van der Waals surface area contributed by atoms with Gasteiger partial charge >= 0.3 is 6.01 Å². The van der Waals surface area contributed by atoms with E-state index in [1.54, 1.807) is 38.1 Å². The van der Waals surface area contributed by atoms with Gasteiger partial charge in [0.2, 0.25) is 0 Å². The van der Waals surface area contributed by atoms with Crippen LogP contribution in [0.1, 0.15) is 27.3 Å². The lowest BCUT2D eigenvalue weighted by atomic mass is 10.1. The molecule has 3 rings (SSSR count). The minimum absolute atomic E-state index is 0.225. The van der Waals surface area contributed by atoms with E-state index in [1.807, 2.05) is 36.4 Å². The smallest absolute Gasteiger partial charge is 0.322 e. The van der Waals surface area contributed by atoms with E-state index in [0.29, 0.717) is 34.0 Å². The molecular weight excluding hydrogens is 328 g/mol. The lowest BCUT2D eigenvalue weighted by Gasteiger charge is -2.12. The number of benzene rings is 2. The summed E-state index contributed by atoms with van der Waals surface area (Å²) in [5.41, 5.74) is 2.70. The maximum Gasteiger partial charge on any atom is 0.322 e. The Bertz CT molecular complexity index is 954. The van der Waals surface area contributed by atoms with E-state index in [1.165, 1.54) is 0 Å². The molecule has 0 aliphatic rings. The molecule has 0 radical (unpaired) electrons. The van der Waals surface area contributed by atoms with Gasteiger partial charge in [0.05, 0.1) is 28.7 Å². The van der Waals surface area contributed by atoms with Crippen LogP contribution in [0.2, 0.25) is 0 Å². The molecule has 2 aromatic carbocycles. The molecule has 0 unspecified atom stereocenters. The number of para-hydroxylation sites is 1. The Kier molecular flexibility index (Phi) is 4.90. The number of anilines is 1. The van der Waals surface area contributed by atoms with Crippen LogP contribution in [-0.2, 0) is 0 Å². The SMILES string of the molecule is Cc1nc(Oc2ccccc2)nc(C)c1NC(=O)c1ccc(C#N)cc1. The second-order valence-electron chi connectivity index (χ2n) is 5.61. The highest BCUT2D eigenvalue weighted by atomic mass is 16.5. The van der Waals surface area contributed by atoms with Crippen LogP contribution in [0.3, 0.4) is 0 Å². The van der Waals surface area contributed by atoms with Crippen LogP contribution < -0.4 is 10.1 Å². The molecule has 1 heterocycles. The summed E-state index contributed by atoms with van der Waals surface area (Å²) >= 11 is 0. The van der Waals surface area contributed by atoms with Crippen LogP contribution >= 0.6 is 0 Å². The van der Waals surface area contributed by atoms with Crippen LogP contribution in [-0.4, -0.2) is 15.9 Å². The number of rotatable bonds is 4. The molecule has 6 nitrogen and oxygen atoms in total. The van der Waals surface area contributed by atoms with Gasteiger partial charge < -0.3 is 10.1 Å². The number of hydrogen-bond donors (Lipinski definition) is 1. The lowest BCUT2D eigenvalue weighted by Crippen LogP contribution is -2.15. The van der Waals surface area contributed by atoms with Gasteiger partial charge in [-0.15, -0.1) is 0 Å². The zero-order valence-corrected chi connectivity index (χ0v) is 14.4. The summed E-state index contributed by atoms with van der Waals surface area (Å²) in [6, 6.07) is 17.9. The summed E-state index contributed by atoms with van der Waals surface area (Å²) in [7, 11) is 0. The van der Waals surface area contributed by atoms with E-state index in [4.69, 9.17) is 10.00 Å². The van der Waals surface area contributed by atoms with E-state index in [9.17, 15) is 4.79 Å². The fourth-order valence-corrected chi connectivity index (χ4v) is 2.39. The van der Waals surface area contributed by atoms with Crippen molar-refractivity contribution in [2.75, 3.05) is 5.32 Å². The molecule has 0 aliphatic carbocycles. The maximum atomic E-state index is 12.4. The third-order valence-corrected chi connectivity index (χ3v) is 3.72. The zero-order chi connectivity index (χ0) is 18.5. The number of ether oxygens (including phenoxy) is 1. The van der Waals surface area contributed by atoms with E-state index in [-0.39, 0.29) is 11.9 Å². The van der Waals surface area contributed by atoms with Gasteiger partial charge in [0.1, 0.15) is 5.75 Å². The molecule has 3 aromatic rings. The molecule has 26 heavy (non-hydrogen) atoms. The highest BCUT2D eigenvalue weighted by Crippen LogP contribution is 2.23. The van der Waals surface area contributed by atoms with Crippen LogP contribution in [0.4, 0.5) is 5.69 Å². The Hall–Kier alpha value is -3.72. The van der Waals surface area contributed by atoms with Crippen molar-refractivity contribution in [3.05, 3.63) is 77.1 Å². The summed E-state index contributed by atoms with van der Waals surface area (Å²) in [6.45, 7) is 3.56. The highest BCUT2D eigenvalue weighted by molar-refractivity contribution is 6.04. The molecule has 1 N–H and O–H groups in total. The van der Waals surface area contributed by atoms with Crippen LogP contribution in [0.15, 0.2) is 54.6 Å². The molecule has 0 atom stereocenters. The number of carbonyl (C=O) groups is 1. The summed E-state index contributed by atoms with van der Waals surface area (Å²) < 4.78 is 5.64. The normalized spacial score (nSPS) is 10.0. The molecular formula is C20H16N4O2. The minimum Gasteiger partial charge on any atom is -0.424 e. The van der Waals surface area contributed by atoms with Crippen molar-refractivity contribution in [3.8, 4) is 17.8 Å². The largest absolute Gasteiger partial charge is 0.424 e. The third-order valence-electron chi connectivity index (χ3n) is 3.72. The van der Waals surface area contributed by atoms with Crippen LogP contribution in [0.25, 0.3) is 0 Å². The van der Waals surface area contributed by atoms with Crippen molar-refractivity contribution in [2.45, 2.75) is 13.8 Å². The highest BCUT2D eigenvalue weighted by Gasteiger charge is 2.14. The molecule has 1 aromatic heterocycles. The average molecular weight is 344 g/mol. The molecule has 128 valence electrons. The zero-order valence-electron chi connectivity index (χ0n) is 14.4.